The monoisotopic (exact) mass is 399 g/mol. The molecule has 1 N–H and O–H groups in total. The highest BCUT2D eigenvalue weighted by Gasteiger charge is 2.51. The average molecular weight is 400 g/mol. The van der Waals surface area contributed by atoms with Gasteiger partial charge in [0.15, 0.2) is 0 Å². The van der Waals surface area contributed by atoms with Crippen LogP contribution in [0.5, 0.6) is 0 Å². The molecule has 1 aromatic rings. The fraction of sp³-hybridized carbons (Fsp3) is 0.588. The second-order valence-corrected chi connectivity index (χ2v) is 7.81. The van der Waals surface area contributed by atoms with Crippen molar-refractivity contribution in [2.75, 3.05) is 10.6 Å². The van der Waals surface area contributed by atoms with Gasteiger partial charge in [0.1, 0.15) is 5.82 Å². The molecular formula is C17H24BBrFNO3. The minimum Gasteiger partial charge on any atom is -0.399 e. The van der Waals surface area contributed by atoms with Crippen LogP contribution in [0.25, 0.3) is 0 Å². The number of unbranched alkanes of at least 4 members (excludes halogenated alkanes) is 1. The van der Waals surface area contributed by atoms with Gasteiger partial charge in [-0.15, -0.1) is 0 Å². The van der Waals surface area contributed by atoms with Gasteiger partial charge in [0.05, 0.1) is 16.9 Å². The number of benzene rings is 1. The Morgan fingerprint density at radius 3 is 2.42 bits per heavy atom. The maximum atomic E-state index is 14.0. The largest absolute Gasteiger partial charge is 0.494 e. The van der Waals surface area contributed by atoms with E-state index < -0.39 is 24.1 Å². The van der Waals surface area contributed by atoms with Crippen molar-refractivity contribution in [3.63, 3.8) is 0 Å². The molecule has 0 spiro atoms. The Hall–Kier alpha value is -0.915. The van der Waals surface area contributed by atoms with E-state index in [1.54, 1.807) is 12.1 Å². The third-order valence-corrected chi connectivity index (χ3v) is 5.14. The van der Waals surface area contributed by atoms with Crippen LogP contribution in [0.1, 0.15) is 47.0 Å². The topological polar surface area (TPSA) is 47.6 Å². The van der Waals surface area contributed by atoms with E-state index in [2.05, 4.69) is 21.2 Å². The van der Waals surface area contributed by atoms with Crippen molar-refractivity contribution in [2.24, 2.45) is 0 Å². The Balaban J connectivity index is 2.10. The number of carbonyl (C=O) groups is 1. The van der Waals surface area contributed by atoms with Crippen LogP contribution in [-0.4, -0.2) is 29.6 Å². The summed E-state index contributed by atoms with van der Waals surface area (Å²) in [7, 11) is -0.584. The fourth-order valence-corrected chi connectivity index (χ4v) is 2.75. The molecule has 0 saturated carbocycles. The molecule has 0 aliphatic carbocycles. The van der Waals surface area contributed by atoms with Crippen LogP contribution < -0.4 is 10.8 Å². The van der Waals surface area contributed by atoms with Gasteiger partial charge in [-0.05, 0) is 58.1 Å². The van der Waals surface area contributed by atoms with Gasteiger partial charge in [0, 0.05) is 11.8 Å². The summed E-state index contributed by atoms with van der Waals surface area (Å²) in [6.45, 7) is 7.85. The lowest BCUT2D eigenvalue weighted by atomic mass is 9.79. The summed E-state index contributed by atoms with van der Waals surface area (Å²) < 4.78 is 25.9. The van der Waals surface area contributed by atoms with Gasteiger partial charge in [-0.2, -0.15) is 0 Å². The first-order valence-electron chi connectivity index (χ1n) is 8.17. The van der Waals surface area contributed by atoms with Crippen LogP contribution in [0, 0.1) is 5.82 Å². The van der Waals surface area contributed by atoms with Gasteiger partial charge in [0.2, 0.25) is 5.91 Å². The van der Waals surface area contributed by atoms with Crippen molar-refractivity contribution < 1.29 is 18.5 Å². The molecule has 1 fully saturated rings. The van der Waals surface area contributed by atoms with Crippen LogP contribution in [-0.2, 0) is 14.1 Å². The highest BCUT2D eigenvalue weighted by molar-refractivity contribution is 9.09. The number of rotatable bonds is 6. The number of hydrogen-bond acceptors (Lipinski definition) is 3. The zero-order chi connectivity index (χ0) is 18.0. The first-order valence-corrected chi connectivity index (χ1v) is 9.29. The molecule has 1 amide bonds. The van der Waals surface area contributed by atoms with E-state index in [1.807, 2.05) is 27.7 Å². The third-order valence-electron chi connectivity index (χ3n) is 4.58. The number of carbonyl (C=O) groups excluding carboxylic acids is 1. The highest BCUT2D eigenvalue weighted by atomic mass is 79.9. The Labute approximate surface area is 151 Å². The summed E-state index contributed by atoms with van der Waals surface area (Å²) in [4.78, 5) is 11.9. The Morgan fingerprint density at radius 1 is 1.21 bits per heavy atom. The summed E-state index contributed by atoms with van der Waals surface area (Å²) in [5, 5.41) is 3.49. The van der Waals surface area contributed by atoms with Crippen molar-refractivity contribution in [3.8, 4) is 0 Å². The van der Waals surface area contributed by atoms with Crippen LogP contribution >= 0.6 is 15.9 Å². The minimum absolute atomic E-state index is 0.158. The summed E-state index contributed by atoms with van der Waals surface area (Å²) in [5.74, 6) is -0.662. The highest BCUT2D eigenvalue weighted by Crippen LogP contribution is 2.36. The molecule has 0 unspecified atom stereocenters. The minimum atomic E-state index is -0.584. The fourth-order valence-electron chi connectivity index (χ4n) is 2.36. The Bertz CT molecular complexity index is 593. The summed E-state index contributed by atoms with van der Waals surface area (Å²) in [6, 6.07) is 4.53. The normalized spacial score (nSPS) is 18.7. The van der Waals surface area contributed by atoms with Gasteiger partial charge >= 0.3 is 7.12 Å². The molecule has 0 aromatic heterocycles. The van der Waals surface area contributed by atoms with E-state index in [-0.39, 0.29) is 11.6 Å². The van der Waals surface area contributed by atoms with Crippen molar-refractivity contribution >= 4 is 40.1 Å². The lowest BCUT2D eigenvalue weighted by Crippen LogP contribution is -2.41. The summed E-state index contributed by atoms with van der Waals surface area (Å²) in [6.07, 6.45) is 2.03. The lowest BCUT2D eigenvalue weighted by molar-refractivity contribution is -0.116. The van der Waals surface area contributed by atoms with E-state index in [0.717, 1.165) is 18.2 Å². The standard InChI is InChI=1S/C17H24BBrFNO3/c1-16(2)17(3,4)24-18(23-16)12-8-9-13(20)14(11-12)21-15(22)7-5-6-10-19/h8-9,11H,5-7,10H2,1-4H3,(H,21,22). The quantitative estimate of drug-likeness (QED) is 0.451. The molecule has 0 bridgehead atoms. The molecule has 1 heterocycles. The van der Waals surface area contributed by atoms with Crippen molar-refractivity contribution in [1.82, 2.24) is 0 Å². The van der Waals surface area contributed by atoms with Crippen LogP contribution in [0.15, 0.2) is 18.2 Å². The number of halogens is 2. The molecule has 1 aliphatic heterocycles. The predicted octanol–water partition coefficient (Wildman–Crippen LogP) is 3.63. The molecule has 1 saturated heterocycles. The van der Waals surface area contributed by atoms with E-state index in [9.17, 15) is 9.18 Å². The summed E-state index contributed by atoms with van der Waals surface area (Å²) in [5.41, 5.74) is -0.0899. The third kappa shape index (κ3) is 4.38. The molecule has 1 aromatic carbocycles. The smallest absolute Gasteiger partial charge is 0.399 e. The van der Waals surface area contributed by atoms with Crippen molar-refractivity contribution in [3.05, 3.63) is 24.0 Å². The molecule has 0 atom stereocenters. The molecule has 0 radical (unpaired) electrons. The number of anilines is 1. The molecule has 7 heteroatoms. The lowest BCUT2D eigenvalue weighted by Gasteiger charge is -2.32. The van der Waals surface area contributed by atoms with E-state index in [0.29, 0.717) is 11.9 Å². The SMILES string of the molecule is CC1(C)OB(c2ccc(F)c(NC(=O)CCCCBr)c2)OC1(C)C. The van der Waals surface area contributed by atoms with Crippen LogP contribution in [0.2, 0.25) is 0 Å². The second-order valence-electron chi connectivity index (χ2n) is 7.02. The first kappa shape index (κ1) is 19.4. The maximum absolute atomic E-state index is 14.0. The van der Waals surface area contributed by atoms with Crippen LogP contribution in [0.3, 0.4) is 0 Å². The predicted molar refractivity (Wildman–Crippen MR) is 98.4 cm³/mol. The summed E-state index contributed by atoms with van der Waals surface area (Å²) >= 11 is 3.32. The van der Waals surface area contributed by atoms with Gasteiger partial charge in [-0.3, -0.25) is 4.79 Å². The number of hydrogen-bond donors (Lipinski definition) is 1. The molecular weight excluding hydrogens is 376 g/mol. The van der Waals surface area contributed by atoms with Crippen molar-refractivity contribution in [2.45, 2.75) is 58.2 Å². The zero-order valence-electron chi connectivity index (χ0n) is 14.6. The van der Waals surface area contributed by atoms with E-state index >= 15 is 0 Å². The molecule has 4 nitrogen and oxygen atoms in total. The van der Waals surface area contributed by atoms with E-state index in [1.165, 1.54) is 6.07 Å². The van der Waals surface area contributed by atoms with Crippen LogP contribution in [0.4, 0.5) is 10.1 Å². The molecule has 1 aliphatic rings. The number of nitrogens with one attached hydrogen (secondary N) is 1. The molecule has 132 valence electrons. The first-order chi connectivity index (χ1) is 11.2. The molecule has 24 heavy (non-hydrogen) atoms. The van der Waals surface area contributed by atoms with Gasteiger partial charge in [0.25, 0.3) is 0 Å². The Morgan fingerprint density at radius 2 is 1.83 bits per heavy atom. The van der Waals surface area contributed by atoms with Crippen molar-refractivity contribution in [1.29, 1.82) is 0 Å². The zero-order valence-corrected chi connectivity index (χ0v) is 16.2. The van der Waals surface area contributed by atoms with Gasteiger partial charge < -0.3 is 14.6 Å². The Kier molecular flexibility index (Phi) is 6.10. The van der Waals surface area contributed by atoms with E-state index in [4.69, 9.17) is 9.31 Å². The number of amides is 1. The molecule has 2 rings (SSSR count). The second kappa shape index (κ2) is 7.54. The number of alkyl halides is 1. The van der Waals surface area contributed by atoms with Gasteiger partial charge in [-0.25, -0.2) is 4.39 Å². The average Bonchev–Trinajstić information content (AvgIpc) is 2.70. The maximum Gasteiger partial charge on any atom is 0.494 e. The van der Waals surface area contributed by atoms with Gasteiger partial charge in [-0.1, -0.05) is 22.0 Å².